The van der Waals surface area contributed by atoms with Crippen molar-refractivity contribution in [1.82, 2.24) is 0 Å². The van der Waals surface area contributed by atoms with Crippen molar-refractivity contribution in [2.75, 3.05) is 0 Å². The van der Waals surface area contributed by atoms with Gasteiger partial charge in [-0.1, -0.05) is 12.1 Å². The van der Waals surface area contributed by atoms with E-state index in [2.05, 4.69) is 61.5 Å². The van der Waals surface area contributed by atoms with E-state index in [1.807, 2.05) is 60.7 Å². The van der Waals surface area contributed by atoms with Gasteiger partial charge in [0.05, 0.1) is 0 Å². The molecule has 0 heterocycles. The van der Waals surface area contributed by atoms with Gasteiger partial charge in [0.25, 0.3) is 0 Å². The molecule has 0 fully saturated rings. The van der Waals surface area contributed by atoms with Crippen molar-refractivity contribution >= 4 is 5.57 Å². The molecule has 0 aromatic heterocycles. The molecule has 0 saturated carbocycles. The third-order valence-corrected chi connectivity index (χ3v) is 3.35. The Balaban J connectivity index is 0.000000400. The van der Waals surface area contributed by atoms with E-state index in [4.69, 9.17) is 0 Å². The minimum atomic E-state index is 0. The number of hydrogen-bond acceptors (Lipinski definition) is 0. The molecule has 0 N–H and O–H groups in total. The molecule has 4 rings (SSSR count). The van der Waals surface area contributed by atoms with Crippen LogP contribution in [-0.2, 0) is 34.1 Å². The van der Waals surface area contributed by atoms with Crippen molar-refractivity contribution in [2.24, 2.45) is 0 Å². The standard InChI is InChI=1S/C13H12.2C5H5.2Fe/c1-2-13(11-7-3-4-8-11)12-9-5-6-10-12;2*1-2-4-5-3-1;;/h2-10H,1H3;2*1-5H;;/q-2;-5;-1;;. The van der Waals surface area contributed by atoms with Gasteiger partial charge in [0.1, 0.15) is 0 Å². The fourth-order valence-electron chi connectivity index (χ4n) is 2.25. The Kier molecular flexibility index (Phi) is 13.5. The molecule has 0 atom stereocenters. The van der Waals surface area contributed by atoms with E-state index in [-0.39, 0.29) is 34.1 Å². The maximum atomic E-state index is 2.16. The molecule has 4 aromatic carbocycles. The third kappa shape index (κ3) is 8.72. The molecule has 25 heavy (non-hydrogen) atoms. The van der Waals surface area contributed by atoms with Gasteiger partial charge in [-0.2, -0.15) is 23.8 Å². The Morgan fingerprint density at radius 1 is 0.640 bits per heavy atom. The average Bonchev–Trinajstić information content (AvgIpc) is 3.40. The van der Waals surface area contributed by atoms with E-state index >= 15 is 0 Å². The van der Waals surface area contributed by atoms with Crippen LogP contribution in [0.15, 0.2) is 115 Å². The molecular formula is C23H22Fe2-8. The van der Waals surface area contributed by atoms with Crippen LogP contribution in [0.3, 0.4) is 0 Å². The summed E-state index contributed by atoms with van der Waals surface area (Å²) < 4.78 is 0. The summed E-state index contributed by atoms with van der Waals surface area (Å²) in [6.07, 6.45) is 2.16. The topological polar surface area (TPSA) is 0 Å². The van der Waals surface area contributed by atoms with Crippen molar-refractivity contribution in [2.45, 2.75) is 6.92 Å². The van der Waals surface area contributed by atoms with Gasteiger partial charge in [0, 0.05) is 34.1 Å². The molecule has 0 spiro atoms. The smallest absolute Gasteiger partial charge is 0 e. The molecule has 138 valence electrons. The Hall–Kier alpha value is -1.82. The second-order valence-electron chi connectivity index (χ2n) is 4.97. The maximum Gasteiger partial charge on any atom is 0 e. The summed E-state index contributed by atoms with van der Waals surface area (Å²) in [6, 6.07) is 36.8. The third-order valence-electron chi connectivity index (χ3n) is 3.35. The summed E-state index contributed by atoms with van der Waals surface area (Å²) in [7, 11) is 0. The van der Waals surface area contributed by atoms with E-state index in [0.29, 0.717) is 0 Å². The monoisotopic (exact) mass is 410 g/mol. The van der Waals surface area contributed by atoms with Crippen LogP contribution in [0.25, 0.3) is 5.57 Å². The first-order chi connectivity index (χ1) is 11.4. The first-order valence-corrected chi connectivity index (χ1v) is 7.85. The van der Waals surface area contributed by atoms with Gasteiger partial charge in [0.15, 0.2) is 0 Å². The first-order valence-electron chi connectivity index (χ1n) is 7.85. The maximum absolute atomic E-state index is 2.16. The molecule has 4 aromatic rings. The Morgan fingerprint density at radius 2 is 1.00 bits per heavy atom. The molecule has 0 bridgehead atoms. The molecule has 0 aliphatic rings. The van der Waals surface area contributed by atoms with E-state index < -0.39 is 0 Å². The minimum absolute atomic E-state index is 0. The van der Waals surface area contributed by atoms with Gasteiger partial charge in [-0.05, 0) is 0 Å². The largest absolute Gasteiger partial charge is 0.748 e. The number of hydrogen-bond donors (Lipinski definition) is 0. The van der Waals surface area contributed by atoms with Crippen molar-refractivity contribution in [3.63, 3.8) is 0 Å². The molecule has 0 aliphatic heterocycles. The van der Waals surface area contributed by atoms with Gasteiger partial charge in [0.2, 0.25) is 0 Å². The van der Waals surface area contributed by atoms with Crippen LogP contribution >= 0.6 is 0 Å². The molecule has 0 radical (unpaired) electrons. The molecule has 0 nitrogen and oxygen atoms in total. The number of rotatable bonds is 2. The van der Waals surface area contributed by atoms with E-state index in [1.54, 1.807) is 0 Å². The fourth-order valence-corrected chi connectivity index (χ4v) is 2.25. The summed E-state index contributed by atoms with van der Waals surface area (Å²) >= 11 is 0. The van der Waals surface area contributed by atoms with Crippen LogP contribution in [0.5, 0.6) is 0 Å². The van der Waals surface area contributed by atoms with E-state index in [9.17, 15) is 0 Å². The zero-order valence-corrected chi connectivity index (χ0v) is 16.4. The van der Waals surface area contributed by atoms with E-state index in [1.165, 1.54) is 16.7 Å². The quantitative estimate of drug-likeness (QED) is 0.266. The summed E-state index contributed by atoms with van der Waals surface area (Å²) in [4.78, 5) is 0. The molecule has 0 aliphatic carbocycles. The van der Waals surface area contributed by atoms with Gasteiger partial charge in [-0.3, -0.25) is 0 Å². The first kappa shape index (κ1) is 23.2. The van der Waals surface area contributed by atoms with Crippen LogP contribution < -0.4 is 0 Å². The molecule has 0 amide bonds. The minimum Gasteiger partial charge on any atom is -0.748 e. The van der Waals surface area contributed by atoms with Crippen LogP contribution in [0.2, 0.25) is 0 Å². The van der Waals surface area contributed by atoms with Gasteiger partial charge >= 0.3 is 0 Å². The molecule has 0 unspecified atom stereocenters. The van der Waals surface area contributed by atoms with Gasteiger partial charge in [-0.15, -0.1) is 24.6 Å². The van der Waals surface area contributed by atoms with Gasteiger partial charge < -0.3 is 30.3 Å². The second-order valence-corrected chi connectivity index (χ2v) is 4.97. The summed E-state index contributed by atoms with van der Waals surface area (Å²) in [6.45, 7) is 2.08. The predicted molar refractivity (Wildman–Crippen MR) is 101 cm³/mol. The van der Waals surface area contributed by atoms with Crippen molar-refractivity contribution in [3.05, 3.63) is 126 Å². The average molecular weight is 410 g/mol. The van der Waals surface area contributed by atoms with Crippen LogP contribution in [0.4, 0.5) is 0 Å². The van der Waals surface area contributed by atoms with Gasteiger partial charge in [-0.25, -0.2) is 48.0 Å². The number of allylic oxidation sites excluding steroid dienone is 1. The zero-order valence-electron chi connectivity index (χ0n) is 14.2. The van der Waals surface area contributed by atoms with Crippen molar-refractivity contribution < 1.29 is 34.1 Å². The molecular weight excluding hydrogens is 388 g/mol. The van der Waals surface area contributed by atoms with Crippen LogP contribution in [0.1, 0.15) is 18.1 Å². The Morgan fingerprint density at radius 3 is 1.24 bits per heavy atom. The summed E-state index contributed by atoms with van der Waals surface area (Å²) in [5.74, 6) is 0. The summed E-state index contributed by atoms with van der Waals surface area (Å²) in [5.41, 5.74) is 3.91. The Labute approximate surface area is 172 Å². The fraction of sp³-hybridized carbons (Fsp3) is 0.0435. The Bertz CT molecular complexity index is 613. The summed E-state index contributed by atoms with van der Waals surface area (Å²) in [5, 5.41) is 0. The van der Waals surface area contributed by atoms with Crippen molar-refractivity contribution in [3.8, 4) is 0 Å². The molecule has 0 saturated heterocycles. The van der Waals surface area contributed by atoms with Crippen LogP contribution in [-0.4, -0.2) is 0 Å². The normalized spacial score (nSPS) is 8.36. The molecule has 2 heteroatoms. The van der Waals surface area contributed by atoms with E-state index in [0.717, 1.165) is 0 Å². The van der Waals surface area contributed by atoms with Crippen molar-refractivity contribution in [1.29, 1.82) is 0 Å². The zero-order chi connectivity index (χ0) is 16.2. The SMILES string of the molecule is CC=C([c-]1cccc1)[c-]1cccc1.[Fe].[Fe].[cH-]1[cH-][cH-][cH-][cH-]1.c1cc[cH-]c1. The van der Waals surface area contributed by atoms with Crippen LogP contribution in [0, 0.1) is 0 Å². The second kappa shape index (κ2) is 14.5. The predicted octanol–water partition coefficient (Wildman–Crippen LogP) is 6.38.